The van der Waals surface area contributed by atoms with E-state index in [4.69, 9.17) is 16.3 Å². The van der Waals surface area contributed by atoms with Gasteiger partial charge in [0, 0.05) is 11.5 Å². The van der Waals surface area contributed by atoms with Gasteiger partial charge in [-0.1, -0.05) is 24.4 Å². The van der Waals surface area contributed by atoms with Crippen molar-refractivity contribution in [2.45, 2.75) is 25.7 Å². The molecule has 0 heterocycles. The summed E-state index contributed by atoms with van der Waals surface area (Å²) in [5.41, 5.74) is 0.166. The molecule has 0 aliphatic heterocycles. The molecule has 1 fully saturated rings. The van der Waals surface area contributed by atoms with Crippen molar-refractivity contribution in [1.29, 1.82) is 0 Å². The van der Waals surface area contributed by atoms with Crippen LogP contribution in [-0.2, 0) is 0 Å². The van der Waals surface area contributed by atoms with Crippen LogP contribution in [0.15, 0.2) is 18.2 Å². The Labute approximate surface area is 112 Å². The van der Waals surface area contributed by atoms with Gasteiger partial charge >= 0.3 is 0 Å². The highest BCUT2D eigenvalue weighted by Crippen LogP contribution is 2.39. The molecule has 0 unspecified atom stereocenters. The van der Waals surface area contributed by atoms with Crippen LogP contribution >= 0.6 is 24.2 Å². The van der Waals surface area contributed by atoms with Gasteiger partial charge in [0.25, 0.3) is 0 Å². The van der Waals surface area contributed by atoms with Gasteiger partial charge in [-0.3, -0.25) is 0 Å². The lowest BCUT2D eigenvalue weighted by atomic mass is 9.90. The fourth-order valence-electron chi connectivity index (χ4n) is 2.28. The van der Waals surface area contributed by atoms with Gasteiger partial charge in [-0.25, -0.2) is 4.39 Å². The highest BCUT2D eigenvalue weighted by atomic mass is 35.5. The third kappa shape index (κ3) is 3.08. The maximum Gasteiger partial charge on any atom is 0.145 e. The first kappa shape index (κ1) is 13.0. The van der Waals surface area contributed by atoms with Crippen molar-refractivity contribution in [2.75, 3.05) is 12.4 Å². The summed E-state index contributed by atoms with van der Waals surface area (Å²) in [6, 6.07) is 4.56. The van der Waals surface area contributed by atoms with E-state index < -0.39 is 5.82 Å². The maximum absolute atomic E-state index is 13.2. The van der Waals surface area contributed by atoms with Crippen LogP contribution < -0.4 is 4.74 Å². The molecule has 0 radical (unpaired) electrons. The predicted octanol–water partition coefficient (Wildman–Crippen LogP) is 4.35. The third-order valence-corrected chi connectivity index (χ3v) is 4.41. The first-order valence-corrected chi connectivity index (χ1v) is 6.85. The van der Waals surface area contributed by atoms with Crippen LogP contribution in [0.5, 0.6) is 5.75 Å². The summed E-state index contributed by atoms with van der Waals surface area (Å²) in [5.74, 6) is 0.929. The summed E-state index contributed by atoms with van der Waals surface area (Å²) in [7, 11) is 0. The summed E-state index contributed by atoms with van der Waals surface area (Å²) in [6.07, 6.45) is 4.76. The molecule has 4 heteroatoms. The highest BCUT2D eigenvalue weighted by molar-refractivity contribution is 7.80. The van der Waals surface area contributed by atoms with Crippen molar-refractivity contribution in [3.63, 3.8) is 0 Å². The van der Waals surface area contributed by atoms with Gasteiger partial charge in [0.1, 0.15) is 11.6 Å². The van der Waals surface area contributed by atoms with Crippen LogP contribution in [0.1, 0.15) is 25.7 Å². The molecule has 0 bridgehead atoms. The molecule has 1 nitrogen and oxygen atoms in total. The lowest BCUT2D eigenvalue weighted by Crippen LogP contribution is -2.27. The molecule has 0 atom stereocenters. The van der Waals surface area contributed by atoms with Crippen LogP contribution in [0.25, 0.3) is 0 Å². The summed E-state index contributed by atoms with van der Waals surface area (Å²) in [4.78, 5) is 0. The van der Waals surface area contributed by atoms with Crippen molar-refractivity contribution in [2.24, 2.45) is 5.41 Å². The van der Waals surface area contributed by atoms with Crippen molar-refractivity contribution in [3.05, 3.63) is 29.0 Å². The summed E-state index contributed by atoms with van der Waals surface area (Å²) in [6.45, 7) is 0.609. The molecule has 1 aliphatic rings. The SMILES string of the molecule is Fc1cc(OCC2(CS)CCCC2)ccc1Cl. The molecule has 1 aromatic rings. The van der Waals surface area contributed by atoms with E-state index in [-0.39, 0.29) is 10.4 Å². The second kappa shape index (κ2) is 5.49. The van der Waals surface area contributed by atoms with Crippen LogP contribution in [0.4, 0.5) is 4.39 Å². The van der Waals surface area contributed by atoms with Gasteiger partial charge in [-0.15, -0.1) is 0 Å². The molecule has 2 rings (SSSR count). The number of hydrogen-bond acceptors (Lipinski definition) is 2. The first-order valence-electron chi connectivity index (χ1n) is 5.84. The molecule has 0 aromatic heterocycles. The molecule has 1 aliphatic carbocycles. The predicted molar refractivity (Wildman–Crippen MR) is 71.7 cm³/mol. The fraction of sp³-hybridized carbons (Fsp3) is 0.538. The minimum atomic E-state index is -0.435. The largest absolute Gasteiger partial charge is 0.493 e. The lowest BCUT2D eigenvalue weighted by molar-refractivity contribution is 0.172. The van der Waals surface area contributed by atoms with Gasteiger partial charge in [-0.05, 0) is 30.7 Å². The summed E-state index contributed by atoms with van der Waals surface area (Å²) >= 11 is 10.0. The van der Waals surface area contributed by atoms with Crippen LogP contribution in [-0.4, -0.2) is 12.4 Å². The number of halogens is 2. The van der Waals surface area contributed by atoms with Crippen LogP contribution in [0, 0.1) is 11.2 Å². The molecule has 1 aromatic carbocycles. The Kier molecular flexibility index (Phi) is 4.21. The van der Waals surface area contributed by atoms with Gasteiger partial charge < -0.3 is 4.74 Å². The fourth-order valence-corrected chi connectivity index (χ4v) is 2.80. The molecule has 94 valence electrons. The molecule has 1 saturated carbocycles. The van der Waals surface area contributed by atoms with Crippen molar-refractivity contribution >= 4 is 24.2 Å². The second-order valence-corrected chi connectivity index (χ2v) is 5.45. The van der Waals surface area contributed by atoms with E-state index in [2.05, 4.69) is 12.6 Å². The molecular weight excluding hydrogens is 259 g/mol. The third-order valence-electron chi connectivity index (χ3n) is 3.44. The van der Waals surface area contributed by atoms with E-state index in [0.717, 1.165) is 18.6 Å². The molecular formula is C13H16ClFOS. The van der Waals surface area contributed by atoms with Gasteiger partial charge in [-0.2, -0.15) is 12.6 Å². The Bertz CT molecular complexity index is 391. The quantitative estimate of drug-likeness (QED) is 0.803. The smallest absolute Gasteiger partial charge is 0.145 e. The number of rotatable bonds is 4. The minimum Gasteiger partial charge on any atom is -0.493 e. The van der Waals surface area contributed by atoms with Gasteiger partial charge in [0.05, 0.1) is 11.6 Å². The zero-order valence-electron chi connectivity index (χ0n) is 9.59. The monoisotopic (exact) mass is 274 g/mol. The molecule has 0 saturated heterocycles. The van der Waals surface area contributed by atoms with E-state index in [0.29, 0.717) is 12.4 Å². The van der Waals surface area contributed by atoms with Gasteiger partial charge in [0.2, 0.25) is 0 Å². The van der Waals surface area contributed by atoms with E-state index in [1.165, 1.54) is 25.0 Å². The van der Waals surface area contributed by atoms with Crippen molar-refractivity contribution < 1.29 is 9.13 Å². The van der Waals surface area contributed by atoms with E-state index in [1.54, 1.807) is 6.07 Å². The van der Waals surface area contributed by atoms with Gasteiger partial charge in [0.15, 0.2) is 0 Å². The van der Waals surface area contributed by atoms with E-state index >= 15 is 0 Å². The number of hydrogen-bond donors (Lipinski definition) is 1. The normalized spacial score (nSPS) is 18.3. The number of ether oxygens (including phenoxy) is 1. The average molecular weight is 275 g/mol. The van der Waals surface area contributed by atoms with Crippen LogP contribution in [0.2, 0.25) is 5.02 Å². The molecule has 0 amide bonds. The Balaban J connectivity index is 1.99. The Morgan fingerprint density at radius 3 is 2.65 bits per heavy atom. The standard InChI is InChI=1S/C13H16ClFOS/c14-11-4-3-10(7-12(11)15)16-8-13(9-17)5-1-2-6-13/h3-4,7,17H,1-2,5-6,8-9H2. The summed E-state index contributed by atoms with van der Waals surface area (Å²) in [5, 5.41) is 0.127. The zero-order chi connectivity index (χ0) is 12.3. The Hall–Kier alpha value is -0.410. The Morgan fingerprint density at radius 1 is 1.35 bits per heavy atom. The first-order chi connectivity index (χ1) is 8.15. The number of thiol groups is 1. The maximum atomic E-state index is 13.2. The Morgan fingerprint density at radius 2 is 2.06 bits per heavy atom. The lowest BCUT2D eigenvalue weighted by Gasteiger charge is -2.26. The van der Waals surface area contributed by atoms with Crippen molar-refractivity contribution in [3.8, 4) is 5.75 Å². The van der Waals surface area contributed by atoms with E-state index in [9.17, 15) is 4.39 Å². The molecule has 0 N–H and O–H groups in total. The van der Waals surface area contributed by atoms with Crippen molar-refractivity contribution in [1.82, 2.24) is 0 Å². The van der Waals surface area contributed by atoms with Crippen LogP contribution in [0.3, 0.4) is 0 Å². The minimum absolute atomic E-state index is 0.127. The topological polar surface area (TPSA) is 9.23 Å². The number of benzene rings is 1. The second-order valence-electron chi connectivity index (χ2n) is 4.73. The zero-order valence-corrected chi connectivity index (χ0v) is 11.2. The molecule has 0 spiro atoms. The van der Waals surface area contributed by atoms with E-state index in [1.807, 2.05) is 0 Å². The average Bonchev–Trinajstić information content (AvgIpc) is 2.80. The summed E-state index contributed by atoms with van der Waals surface area (Å²) < 4.78 is 18.9. The molecule has 17 heavy (non-hydrogen) atoms. The highest BCUT2D eigenvalue weighted by Gasteiger charge is 2.33.